The van der Waals surface area contributed by atoms with Gasteiger partial charge in [-0.3, -0.25) is 0 Å². The Bertz CT molecular complexity index is 598. The van der Waals surface area contributed by atoms with E-state index in [-0.39, 0.29) is 5.56 Å². The van der Waals surface area contributed by atoms with Gasteiger partial charge in [-0.15, -0.1) is 0 Å². The Morgan fingerprint density at radius 3 is 2.48 bits per heavy atom. The van der Waals surface area contributed by atoms with Gasteiger partial charge in [0.2, 0.25) is 0 Å². The highest BCUT2D eigenvalue weighted by molar-refractivity contribution is 9.10. The molecule has 0 aromatic heterocycles. The van der Waals surface area contributed by atoms with E-state index in [1.165, 1.54) is 6.07 Å². The molecule has 0 saturated carbocycles. The van der Waals surface area contributed by atoms with Crippen LogP contribution >= 0.6 is 15.9 Å². The third-order valence-corrected chi connectivity index (χ3v) is 3.22. The highest BCUT2D eigenvalue weighted by Crippen LogP contribution is 2.23. The number of ether oxygens (including phenoxy) is 2. The molecule has 4 nitrogen and oxygen atoms in total. The summed E-state index contributed by atoms with van der Waals surface area (Å²) in [5, 5.41) is 9.12. The molecule has 0 fully saturated rings. The van der Waals surface area contributed by atoms with Crippen molar-refractivity contribution in [3.8, 4) is 11.5 Å². The fourth-order valence-electron chi connectivity index (χ4n) is 1.74. The average molecular weight is 351 g/mol. The normalized spacial score (nSPS) is 10.1. The molecule has 2 aromatic carbocycles. The largest absolute Gasteiger partial charge is 0.493 e. The fourth-order valence-corrected chi connectivity index (χ4v) is 2.10. The van der Waals surface area contributed by atoms with E-state index in [1.807, 2.05) is 30.3 Å². The lowest BCUT2D eigenvalue weighted by Gasteiger charge is -2.10. The van der Waals surface area contributed by atoms with Crippen LogP contribution in [0.5, 0.6) is 11.5 Å². The van der Waals surface area contributed by atoms with Crippen molar-refractivity contribution in [2.75, 3.05) is 13.2 Å². The molecular formula is C16H15BrO4. The molecular weight excluding hydrogens is 336 g/mol. The minimum absolute atomic E-state index is 0.147. The highest BCUT2D eigenvalue weighted by Gasteiger charge is 2.11. The van der Waals surface area contributed by atoms with Crippen LogP contribution in [0.4, 0.5) is 0 Å². The van der Waals surface area contributed by atoms with Crippen LogP contribution in [0.2, 0.25) is 0 Å². The van der Waals surface area contributed by atoms with Gasteiger partial charge in [0.05, 0.1) is 13.2 Å². The number of hydrogen-bond acceptors (Lipinski definition) is 3. The Morgan fingerprint density at radius 2 is 1.76 bits per heavy atom. The van der Waals surface area contributed by atoms with E-state index >= 15 is 0 Å². The van der Waals surface area contributed by atoms with Crippen LogP contribution in [0, 0.1) is 0 Å². The lowest BCUT2D eigenvalue weighted by atomic mass is 10.2. The maximum Gasteiger partial charge on any atom is 0.339 e. The summed E-state index contributed by atoms with van der Waals surface area (Å²) in [6.07, 6.45) is 0.671. The van der Waals surface area contributed by atoms with Gasteiger partial charge < -0.3 is 14.6 Å². The van der Waals surface area contributed by atoms with Crippen molar-refractivity contribution >= 4 is 21.9 Å². The van der Waals surface area contributed by atoms with Crippen LogP contribution < -0.4 is 9.47 Å². The van der Waals surface area contributed by atoms with Gasteiger partial charge in [-0.2, -0.15) is 0 Å². The van der Waals surface area contributed by atoms with Crippen molar-refractivity contribution in [2.24, 2.45) is 0 Å². The van der Waals surface area contributed by atoms with E-state index in [4.69, 9.17) is 14.6 Å². The molecule has 0 spiro atoms. The minimum atomic E-state index is -1.01. The molecule has 2 rings (SSSR count). The molecule has 0 unspecified atom stereocenters. The van der Waals surface area contributed by atoms with Crippen LogP contribution in [0.3, 0.4) is 0 Å². The number of hydrogen-bond donors (Lipinski definition) is 1. The van der Waals surface area contributed by atoms with E-state index in [0.717, 1.165) is 5.75 Å². The number of halogens is 1. The van der Waals surface area contributed by atoms with Gasteiger partial charge in [-0.25, -0.2) is 4.79 Å². The third-order valence-electron chi connectivity index (χ3n) is 2.73. The first-order valence-corrected chi connectivity index (χ1v) is 7.29. The molecule has 0 heterocycles. The Hall–Kier alpha value is -2.01. The number of carbonyl (C=O) groups is 1. The quantitative estimate of drug-likeness (QED) is 0.767. The van der Waals surface area contributed by atoms with E-state index < -0.39 is 5.97 Å². The molecule has 0 aliphatic rings. The summed E-state index contributed by atoms with van der Waals surface area (Å²) in [6, 6.07) is 14.4. The molecule has 5 heteroatoms. The molecule has 2 aromatic rings. The van der Waals surface area contributed by atoms with Gasteiger partial charge >= 0.3 is 5.97 Å². The van der Waals surface area contributed by atoms with Crippen LogP contribution in [0.1, 0.15) is 16.8 Å². The van der Waals surface area contributed by atoms with Crippen LogP contribution in [-0.2, 0) is 0 Å². The van der Waals surface area contributed by atoms with E-state index in [0.29, 0.717) is 29.9 Å². The van der Waals surface area contributed by atoms with Gasteiger partial charge in [0.15, 0.2) is 0 Å². The molecule has 0 saturated heterocycles. The molecule has 1 N–H and O–H groups in total. The van der Waals surface area contributed by atoms with E-state index in [9.17, 15) is 4.79 Å². The zero-order chi connectivity index (χ0) is 15.1. The Labute approximate surface area is 131 Å². The summed E-state index contributed by atoms with van der Waals surface area (Å²) in [7, 11) is 0. The zero-order valence-corrected chi connectivity index (χ0v) is 12.9. The summed E-state index contributed by atoms with van der Waals surface area (Å²) in [4.78, 5) is 11.1. The molecule has 0 aliphatic heterocycles. The van der Waals surface area contributed by atoms with Crippen molar-refractivity contribution in [3.05, 3.63) is 58.6 Å². The summed E-state index contributed by atoms with van der Waals surface area (Å²) >= 11 is 3.24. The molecule has 0 aliphatic carbocycles. The molecule has 0 atom stereocenters. The van der Waals surface area contributed by atoms with E-state index in [2.05, 4.69) is 15.9 Å². The second-order valence-corrected chi connectivity index (χ2v) is 5.22. The molecule has 110 valence electrons. The van der Waals surface area contributed by atoms with Crippen LogP contribution in [0.15, 0.2) is 53.0 Å². The van der Waals surface area contributed by atoms with E-state index in [1.54, 1.807) is 12.1 Å². The lowest BCUT2D eigenvalue weighted by molar-refractivity contribution is 0.0692. The van der Waals surface area contributed by atoms with Gasteiger partial charge in [0.1, 0.15) is 17.1 Å². The third kappa shape index (κ3) is 4.79. The molecule has 0 radical (unpaired) electrons. The summed E-state index contributed by atoms with van der Waals surface area (Å²) in [5.74, 6) is 0.171. The van der Waals surface area contributed by atoms with Crippen LogP contribution in [0.25, 0.3) is 0 Å². The number of para-hydroxylation sites is 1. The summed E-state index contributed by atoms with van der Waals surface area (Å²) in [5.41, 5.74) is 0.147. The first-order chi connectivity index (χ1) is 10.2. The van der Waals surface area contributed by atoms with Crippen LogP contribution in [-0.4, -0.2) is 24.3 Å². The van der Waals surface area contributed by atoms with Gasteiger partial charge in [-0.1, -0.05) is 34.1 Å². The minimum Gasteiger partial charge on any atom is -0.493 e. The number of carboxylic acids is 1. The van der Waals surface area contributed by atoms with Gasteiger partial charge in [-0.05, 0) is 30.3 Å². The summed E-state index contributed by atoms with van der Waals surface area (Å²) in [6.45, 7) is 0.914. The SMILES string of the molecule is O=C(O)c1cc(Br)ccc1OCCCOc1ccccc1. The number of aromatic carboxylic acids is 1. The average Bonchev–Trinajstić information content (AvgIpc) is 2.49. The number of rotatable bonds is 7. The molecule has 0 amide bonds. The fraction of sp³-hybridized carbons (Fsp3) is 0.188. The predicted molar refractivity (Wildman–Crippen MR) is 83.2 cm³/mol. The number of carboxylic acid groups (broad SMARTS) is 1. The summed E-state index contributed by atoms with van der Waals surface area (Å²) < 4.78 is 11.8. The van der Waals surface area contributed by atoms with Gasteiger partial charge in [0, 0.05) is 10.9 Å². The monoisotopic (exact) mass is 350 g/mol. The topological polar surface area (TPSA) is 55.8 Å². The zero-order valence-electron chi connectivity index (χ0n) is 11.3. The maximum atomic E-state index is 11.1. The lowest BCUT2D eigenvalue weighted by Crippen LogP contribution is -2.08. The van der Waals surface area contributed by atoms with Gasteiger partial charge in [0.25, 0.3) is 0 Å². The van der Waals surface area contributed by atoms with Crippen molar-refractivity contribution in [3.63, 3.8) is 0 Å². The second kappa shape index (κ2) is 7.69. The predicted octanol–water partition coefficient (Wildman–Crippen LogP) is 4.00. The Morgan fingerprint density at radius 1 is 1.05 bits per heavy atom. The number of benzene rings is 2. The van der Waals surface area contributed by atoms with Crippen molar-refractivity contribution < 1.29 is 19.4 Å². The van der Waals surface area contributed by atoms with Crippen molar-refractivity contribution in [1.82, 2.24) is 0 Å². The van der Waals surface area contributed by atoms with Crippen molar-refractivity contribution in [2.45, 2.75) is 6.42 Å². The highest BCUT2D eigenvalue weighted by atomic mass is 79.9. The first-order valence-electron chi connectivity index (χ1n) is 6.50. The standard InChI is InChI=1S/C16H15BrO4/c17-12-7-8-15(14(11-12)16(18)19)21-10-4-9-20-13-5-2-1-3-6-13/h1-3,5-8,11H,4,9-10H2,(H,18,19). The smallest absolute Gasteiger partial charge is 0.339 e. The molecule has 21 heavy (non-hydrogen) atoms. The Balaban J connectivity index is 1.80. The molecule has 0 bridgehead atoms. The van der Waals surface area contributed by atoms with Crippen molar-refractivity contribution in [1.29, 1.82) is 0 Å². The maximum absolute atomic E-state index is 11.1. The Kier molecular flexibility index (Phi) is 5.63. The second-order valence-electron chi connectivity index (χ2n) is 4.31. The first kappa shape index (κ1) is 15.4.